The molecule has 23 heavy (non-hydrogen) atoms. The first-order valence-electron chi connectivity index (χ1n) is 7.61. The Morgan fingerprint density at radius 2 is 1.61 bits per heavy atom. The van der Waals surface area contributed by atoms with E-state index in [4.69, 9.17) is 9.83 Å². The SMILES string of the molecule is Cn1c2cc(=N)ccc2c2cccc3oc4ccccc4c1c32. The number of rotatable bonds is 0. The Balaban J connectivity index is 2.26. The van der Waals surface area contributed by atoms with Crippen molar-refractivity contribution < 1.29 is 4.42 Å². The Labute approximate surface area is 131 Å². The summed E-state index contributed by atoms with van der Waals surface area (Å²) in [6.07, 6.45) is 0. The van der Waals surface area contributed by atoms with Gasteiger partial charge in [0, 0.05) is 23.2 Å². The van der Waals surface area contributed by atoms with Crippen LogP contribution >= 0.6 is 0 Å². The van der Waals surface area contributed by atoms with Crippen LogP contribution in [0.25, 0.3) is 43.7 Å². The summed E-state index contributed by atoms with van der Waals surface area (Å²) in [6, 6.07) is 20.1. The molecule has 3 heteroatoms. The molecule has 0 fully saturated rings. The molecule has 5 rings (SSSR count). The van der Waals surface area contributed by atoms with Crippen molar-refractivity contribution in [2.75, 3.05) is 0 Å². The molecule has 0 saturated heterocycles. The molecule has 0 atom stereocenters. The molecule has 0 saturated carbocycles. The lowest BCUT2D eigenvalue weighted by molar-refractivity contribution is 0.661. The molecule has 0 aliphatic carbocycles. The van der Waals surface area contributed by atoms with E-state index in [9.17, 15) is 0 Å². The zero-order valence-electron chi connectivity index (χ0n) is 12.6. The Morgan fingerprint density at radius 1 is 0.826 bits per heavy atom. The molecular formula is C20H14N2O. The van der Waals surface area contributed by atoms with Gasteiger partial charge in [0.2, 0.25) is 0 Å². The van der Waals surface area contributed by atoms with Gasteiger partial charge in [-0.3, -0.25) is 0 Å². The summed E-state index contributed by atoms with van der Waals surface area (Å²) in [5, 5.41) is 13.0. The van der Waals surface area contributed by atoms with Crippen molar-refractivity contribution >= 4 is 43.7 Å². The number of aryl methyl sites for hydroxylation is 1. The van der Waals surface area contributed by atoms with E-state index in [0.29, 0.717) is 5.36 Å². The summed E-state index contributed by atoms with van der Waals surface area (Å²) in [6.45, 7) is 0. The van der Waals surface area contributed by atoms with Gasteiger partial charge in [-0.25, -0.2) is 0 Å². The van der Waals surface area contributed by atoms with Gasteiger partial charge in [-0.05, 0) is 35.7 Å². The molecule has 0 radical (unpaired) electrons. The van der Waals surface area contributed by atoms with Gasteiger partial charge in [0.15, 0.2) is 0 Å². The third-order valence-electron chi connectivity index (χ3n) is 4.61. The fourth-order valence-corrected chi connectivity index (χ4v) is 3.60. The maximum atomic E-state index is 7.97. The molecule has 0 amide bonds. The lowest BCUT2D eigenvalue weighted by atomic mass is 10.0. The van der Waals surface area contributed by atoms with Crippen LogP contribution in [0.1, 0.15) is 0 Å². The highest BCUT2D eigenvalue weighted by Gasteiger charge is 2.14. The standard InChI is InChI=1S/C20H14N2O/c1-22-16-11-12(21)9-10-13(16)14-6-4-8-18-19(14)20(22)15-5-2-3-7-17(15)23-18/h2-11,21H,1H3. The summed E-state index contributed by atoms with van der Waals surface area (Å²) in [5.41, 5.74) is 3.98. The summed E-state index contributed by atoms with van der Waals surface area (Å²) in [5.74, 6) is 0. The molecule has 1 N–H and O–H groups in total. The molecular weight excluding hydrogens is 284 g/mol. The van der Waals surface area contributed by atoms with Gasteiger partial charge in [-0.1, -0.05) is 30.3 Å². The van der Waals surface area contributed by atoms with E-state index in [2.05, 4.69) is 23.7 Å². The Kier molecular flexibility index (Phi) is 2.29. The van der Waals surface area contributed by atoms with Crippen LogP contribution in [0.5, 0.6) is 0 Å². The number of nitrogens with zero attached hydrogens (tertiary/aromatic N) is 1. The third kappa shape index (κ3) is 1.56. The van der Waals surface area contributed by atoms with E-state index in [1.807, 2.05) is 48.5 Å². The highest BCUT2D eigenvalue weighted by atomic mass is 16.3. The number of fused-ring (bicyclic) bond motifs is 4. The average Bonchev–Trinajstić information content (AvgIpc) is 2.58. The van der Waals surface area contributed by atoms with Crippen molar-refractivity contribution in [1.29, 1.82) is 5.41 Å². The summed E-state index contributed by atoms with van der Waals surface area (Å²) >= 11 is 0. The van der Waals surface area contributed by atoms with Gasteiger partial charge in [0.1, 0.15) is 11.2 Å². The number of aromatic nitrogens is 1. The van der Waals surface area contributed by atoms with Gasteiger partial charge < -0.3 is 14.4 Å². The maximum absolute atomic E-state index is 7.97. The summed E-state index contributed by atoms with van der Waals surface area (Å²) < 4.78 is 8.31. The molecule has 0 unspecified atom stereocenters. The molecule has 3 aromatic carbocycles. The molecule has 110 valence electrons. The highest BCUT2D eigenvalue weighted by molar-refractivity contribution is 6.23. The minimum absolute atomic E-state index is 0.524. The maximum Gasteiger partial charge on any atom is 0.137 e. The smallest absolute Gasteiger partial charge is 0.137 e. The van der Waals surface area contributed by atoms with Crippen LogP contribution in [-0.4, -0.2) is 4.57 Å². The lowest BCUT2D eigenvalue weighted by Crippen LogP contribution is -2.03. The molecule has 0 spiro atoms. The van der Waals surface area contributed by atoms with Crippen molar-refractivity contribution in [1.82, 2.24) is 4.57 Å². The Bertz CT molecular complexity index is 1290. The van der Waals surface area contributed by atoms with Crippen molar-refractivity contribution in [3.05, 3.63) is 66.0 Å². The molecule has 0 aliphatic rings. The van der Waals surface area contributed by atoms with Crippen molar-refractivity contribution in [2.45, 2.75) is 0 Å². The van der Waals surface area contributed by atoms with Crippen LogP contribution in [0.3, 0.4) is 0 Å². The van der Waals surface area contributed by atoms with Crippen LogP contribution in [0, 0.1) is 5.41 Å². The molecule has 2 heterocycles. The number of hydrogen-bond acceptors (Lipinski definition) is 2. The molecule has 0 aliphatic heterocycles. The van der Waals surface area contributed by atoms with Gasteiger partial charge in [0.25, 0.3) is 0 Å². The number of nitrogens with one attached hydrogen (secondary N) is 1. The fraction of sp³-hybridized carbons (Fsp3) is 0.0500. The Hall–Kier alpha value is -3.07. The largest absolute Gasteiger partial charge is 0.456 e. The van der Waals surface area contributed by atoms with Crippen LogP contribution in [-0.2, 0) is 7.05 Å². The Morgan fingerprint density at radius 3 is 2.52 bits per heavy atom. The van der Waals surface area contributed by atoms with Crippen LogP contribution in [0.4, 0.5) is 0 Å². The van der Waals surface area contributed by atoms with Crippen LogP contribution in [0.15, 0.2) is 65.1 Å². The lowest BCUT2D eigenvalue weighted by Gasteiger charge is -2.16. The fourth-order valence-electron chi connectivity index (χ4n) is 3.60. The van der Waals surface area contributed by atoms with E-state index in [0.717, 1.165) is 38.4 Å². The number of para-hydroxylation sites is 1. The minimum atomic E-state index is 0.524. The summed E-state index contributed by atoms with van der Waals surface area (Å²) in [4.78, 5) is 0. The van der Waals surface area contributed by atoms with Crippen LogP contribution < -0.4 is 5.36 Å². The zero-order valence-corrected chi connectivity index (χ0v) is 12.6. The van der Waals surface area contributed by atoms with E-state index >= 15 is 0 Å². The quantitative estimate of drug-likeness (QED) is 0.326. The van der Waals surface area contributed by atoms with Gasteiger partial charge in [-0.15, -0.1) is 0 Å². The zero-order chi connectivity index (χ0) is 15.6. The van der Waals surface area contributed by atoms with Gasteiger partial charge in [0.05, 0.1) is 16.4 Å². The van der Waals surface area contributed by atoms with E-state index in [1.54, 1.807) is 0 Å². The summed E-state index contributed by atoms with van der Waals surface area (Å²) in [7, 11) is 2.06. The molecule has 0 bridgehead atoms. The van der Waals surface area contributed by atoms with Crippen molar-refractivity contribution in [3.63, 3.8) is 0 Å². The molecule has 2 aromatic heterocycles. The van der Waals surface area contributed by atoms with Gasteiger partial charge in [-0.2, -0.15) is 0 Å². The number of hydrogen-bond donors (Lipinski definition) is 1. The average molecular weight is 298 g/mol. The van der Waals surface area contributed by atoms with Crippen molar-refractivity contribution in [3.8, 4) is 0 Å². The highest BCUT2D eigenvalue weighted by Crippen LogP contribution is 2.36. The van der Waals surface area contributed by atoms with E-state index in [-0.39, 0.29) is 0 Å². The minimum Gasteiger partial charge on any atom is -0.456 e. The predicted octanol–water partition coefficient (Wildman–Crippen LogP) is 4.71. The molecule has 5 aromatic rings. The first kappa shape index (κ1) is 12.5. The van der Waals surface area contributed by atoms with E-state index in [1.165, 1.54) is 5.39 Å². The predicted molar refractivity (Wildman–Crippen MR) is 93.6 cm³/mol. The van der Waals surface area contributed by atoms with Crippen LogP contribution in [0.2, 0.25) is 0 Å². The first-order chi connectivity index (χ1) is 11.2. The normalized spacial score (nSPS) is 11.9. The first-order valence-corrected chi connectivity index (χ1v) is 7.61. The topological polar surface area (TPSA) is 41.9 Å². The van der Waals surface area contributed by atoms with Crippen molar-refractivity contribution in [2.24, 2.45) is 7.05 Å². The second-order valence-corrected chi connectivity index (χ2v) is 5.92. The number of benzene rings is 3. The second kappa shape index (κ2) is 4.23. The molecule has 3 nitrogen and oxygen atoms in total. The third-order valence-corrected chi connectivity index (χ3v) is 4.61. The number of pyridine rings is 1. The monoisotopic (exact) mass is 298 g/mol. The van der Waals surface area contributed by atoms with E-state index < -0.39 is 0 Å². The second-order valence-electron chi connectivity index (χ2n) is 5.92. The van der Waals surface area contributed by atoms with Gasteiger partial charge >= 0.3 is 0 Å².